The van der Waals surface area contributed by atoms with Crippen molar-refractivity contribution in [3.8, 4) is 0 Å². The van der Waals surface area contributed by atoms with E-state index in [0.717, 1.165) is 39.0 Å². The second-order valence-electron chi connectivity index (χ2n) is 6.91. The summed E-state index contributed by atoms with van der Waals surface area (Å²) in [5, 5.41) is 10.1. The Morgan fingerprint density at radius 2 is 2.05 bits per heavy atom. The molecule has 19 heavy (non-hydrogen) atoms. The van der Waals surface area contributed by atoms with E-state index in [-0.39, 0.29) is 6.10 Å². The van der Waals surface area contributed by atoms with Gasteiger partial charge < -0.3 is 9.84 Å². The molecule has 0 radical (unpaired) electrons. The molecule has 2 saturated carbocycles. The van der Waals surface area contributed by atoms with Gasteiger partial charge >= 0.3 is 0 Å². The second-order valence-corrected chi connectivity index (χ2v) is 6.91. The van der Waals surface area contributed by atoms with Crippen LogP contribution >= 0.6 is 0 Å². The Hall–Kier alpha value is -0.120. The molecule has 3 aliphatic rings. The Labute approximate surface area is 117 Å². The predicted molar refractivity (Wildman–Crippen MR) is 76.2 cm³/mol. The molecule has 0 aromatic rings. The van der Waals surface area contributed by atoms with Gasteiger partial charge in [-0.15, -0.1) is 0 Å². The Balaban J connectivity index is 1.74. The molecule has 0 amide bonds. The Bertz CT molecular complexity index is 301. The maximum atomic E-state index is 10.1. The summed E-state index contributed by atoms with van der Waals surface area (Å²) in [5.74, 6) is 0. The van der Waals surface area contributed by atoms with E-state index in [0.29, 0.717) is 17.6 Å². The van der Waals surface area contributed by atoms with E-state index in [4.69, 9.17) is 4.74 Å². The second kappa shape index (κ2) is 5.71. The minimum absolute atomic E-state index is 0.0702. The highest BCUT2D eigenvalue weighted by atomic mass is 16.5. The van der Waals surface area contributed by atoms with Crippen LogP contribution in [0.2, 0.25) is 0 Å². The number of nitrogens with zero attached hydrogens (tertiary/aromatic N) is 1. The molecule has 110 valence electrons. The van der Waals surface area contributed by atoms with Crippen molar-refractivity contribution >= 4 is 0 Å². The molecule has 0 aromatic carbocycles. The van der Waals surface area contributed by atoms with Gasteiger partial charge in [0.25, 0.3) is 0 Å². The quantitative estimate of drug-likeness (QED) is 0.834. The number of hydrogen-bond acceptors (Lipinski definition) is 3. The van der Waals surface area contributed by atoms with Crippen LogP contribution in [-0.2, 0) is 4.74 Å². The number of aliphatic hydroxyl groups excluding tert-OH is 1. The van der Waals surface area contributed by atoms with Gasteiger partial charge in [-0.1, -0.05) is 19.8 Å². The van der Waals surface area contributed by atoms with Crippen LogP contribution < -0.4 is 0 Å². The maximum absolute atomic E-state index is 10.1. The molecule has 3 rings (SSSR count). The number of rotatable bonds is 2. The van der Waals surface area contributed by atoms with E-state index in [1.54, 1.807) is 0 Å². The molecule has 1 aliphatic heterocycles. The van der Waals surface area contributed by atoms with Crippen molar-refractivity contribution in [1.82, 2.24) is 4.90 Å². The van der Waals surface area contributed by atoms with Gasteiger partial charge in [0, 0.05) is 19.1 Å². The molecule has 0 aromatic heterocycles. The lowest BCUT2D eigenvalue weighted by Gasteiger charge is -2.50. The molecule has 2 aliphatic carbocycles. The van der Waals surface area contributed by atoms with Gasteiger partial charge in [0.05, 0.1) is 18.8 Å². The molecule has 3 atom stereocenters. The molecule has 3 unspecified atom stereocenters. The zero-order valence-electron chi connectivity index (χ0n) is 12.3. The molecular formula is C16H29NO2. The van der Waals surface area contributed by atoms with Crippen LogP contribution in [0.5, 0.6) is 0 Å². The van der Waals surface area contributed by atoms with Gasteiger partial charge in [-0.3, -0.25) is 4.90 Å². The van der Waals surface area contributed by atoms with Gasteiger partial charge in [-0.05, 0) is 43.9 Å². The molecule has 1 N–H and O–H groups in total. The largest absolute Gasteiger partial charge is 0.393 e. The average Bonchev–Trinajstić information content (AvgIpc) is 2.91. The third-order valence-corrected chi connectivity index (χ3v) is 5.84. The van der Waals surface area contributed by atoms with E-state index in [9.17, 15) is 5.11 Å². The minimum Gasteiger partial charge on any atom is -0.393 e. The summed E-state index contributed by atoms with van der Waals surface area (Å²) in [6.45, 7) is 5.24. The van der Waals surface area contributed by atoms with E-state index in [1.807, 2.05) is 0 Å². The van der Waals surface area contributed by atoms with Crippen LogP contribution in [0.1, 0.15) is 58.3 Å². The van der Waals surface area contributed by atoms with Crippen LogP contribution in [0, 0.1) is 5.41 Å². The highest BCUT2D eigenvalue weighted by molar-refractivity contribution is 5.01. The number of aliphatic hydroxyl groups is 1. The van der Waals surface area contributed by atoms with E-state index in [2.05, 4.69) is 11.8 Å². The fourth-order valence-corrected chi connectivity index (χ4v) is 4.72. The lowest BCUT2D eigenvalue weighted by atomic mass is 9.67. The zero-order valence-corrected chi connectivity index (χ0v) is 12.3. The summed E-state index contributed by atoms with van der Waals surface area (Å²) < 4.78 is 5.82. The first-order valence-electron chi connectivity index (χ1n) is 8.27. The first-order chi connectivity index (χ1) is 9.23. The van der Waals surface area contributed by atoms with Gasteiger partial charge in [-0.25, -0.2) is 0 Å². The summed E-state index contributed by atoms with van der Waals surface area (Å²) in [5.41, 5.74) is 0.523. The van der Waals surface area contributed by atoms with E-state index < -0.39 is 0 Å². The molecular weight excluding hydrogens is 238 g/mol. The molecule has 0 bridgehead atoms. The fraction of sp³-hybridized carbons (Fsp3) is 1.00. The predicted octanol–water partition coefficient (Wildman–Crippen LogP) is 2.57. The summed E-state index contributed by atoms with van der Waals surface area (Å²) >= 11 is 0. The lowest BCUT2D eigenvalue weighted by Crippen LogP contribution is -2.56. The Kier molecular flexibility index (Phi) is 4.16. The smallest absolute Gasteiger partial charge is 0.0700 e. The lowest BCUT2D eigenvalue weighted by molar-refractivity contribution is -0.0929. The average molecular weight is 267 g/mol. The van der Waals surface area contributed by atoms with E-state index >= 15 is 0 Å². The van der Waals surface area contributed by atoms with Gasteiger partial charge in [0.2, 0.25) is 0 Å². The fourth-order valence-electron chi connectivity index (χ4n) is 4.72. The summed E-state index contributed by atoms with van der Waals surface area (Å²) in [6, 6.07) is 0.608. The zero-order chi connectivity index (χ0) is 13.3. The topological polar surface area (TPSA) is 32.7 Å². The van der Waals surface area contributed by atoms with Crippen LogP contribution in [0.15, 0.2) is 0 Å². The number of hydrogen-bond donors (Lipinski definition) is 1. The van der Waals surface area contributed by atoms with Crippen LogP contribution in [0.3, 0.4) is 0 Å². The third kappa shape index (κ3) is 2.70. The molecule has 3 fully saturated rings. The third-order valence-electron chi connectivity index (χ3n) is 5.84. The highest BCUT2D eigenvalue weighted by Gasteiger charge is 2.47. The van der Waals surface area contributed by atoms with Crippen molar-refractivity contribution in [3.05, 3.63) is 0 Å². The standard InChI is InChI=1S/C16H29NO2/c1-2-14-12-17(9-10-19-14)15-11-13(18)5-8-16(15)6-3-4-7-16/h13-15,18H,2-12H2,1H3. The van der Waals surface area contributed by atoms with Crippen molar-refractivity contribution in [2.24, 2.45) is 5.41 Å². The van der Waals surface area contributed by atoms with E-state index in [1.165, 1.54) is 32.1 Å². The first kappa shape index (κ1) is 13.8. The number of morpholine rings is 1. The van der Waals surface area contributed by atoms with Crippen LogP contribution in [-0.4, -0.2) is 48.0 Å². The van der Waals surface area contributed by atoms with Crippen LogP contribution in [0.25, 0.3) is 0 Å². The molecule has 1 spiro atoms. The van der Waals surface area contributed by atoms with Crippen molar-refractivity contribution in [2.45, 2.75) is 76.5 Å². The van der Waals surface area contributed by atoms with Crippen molar-refractivity contribution in [2.75, 3.05) is 19.7 Å². The molecule has 3 heteroatoms. The normalized spacial score (nSPS) is 39.8. The molecule has 1 heterocycles. The molecule has 1 saturated heterocycles. The van der Waals surface area contributed by atoms with Gasteiger partial charge in [-0.2, -0.15) is 0 Å². The highest BCUT2D eigenvalue weighted by Crippen LogP contribution is 2.51. The summed E-state index contributed by atoms with van der Waals surface area (Å²) in [6.07, 6.45) is 10.3. The van der Waals surface area contributed by atoms with Crippen LogP contribution in [0.4, 0.5) is 0 Å². The van der Waals surface area contributed by atoms with Gasteiger partial charge in [0.1, 0.15) is 0 Å². The molecule has 3 nitrogen and oxygen atoms in total. The van der Waals surface area contributed by atoms with Gasteiger partial charge in [0.15, 0.2) is 0 Å². The Morgan fingerprint density at radius 3 is 2.79 bits per heavy atom. The van der Waals surface area contributed by atoms with Crippen molar-refractivity contribution < 1.29 is 9.84 Å². The maximum Gasteiger partial charge on any atom is 0.0700 e. The monoisotopic (exact) mass is 267 g/mol. The van der Waals surface area contributed by atoms with Crippen molar-refractivity contribution in [1.29, 1.82) is 0 Å². The minimum atomic E-state index is -0.0702. The number of ether oxygens (including phenoxy) is 1. The summed E-state index contributed by atoms with van der Waals surface area (Å²) in [4.78, 5) is 2.66. The summed E-state index contributed by atoms with van der Waals surface area (Å²) in [7, 11) is 0. The SMILES string of the molecule is CCC1CN(C2CC(O)CCC23CCCC3)CCO1. The van der Waals surface area contributed by atoms with Crippen molar-refractivity contribution in [3.63, 3.8) is 0 Å². The Morgan fingerprint density at radius 1 is 1.26 bits per heavy atom. The first-order valence-corrected chi connectivity index (χ1v) is 8.27.